The minimum atomic E-state index is -4.63. The van der Waals surface area contributed by atoms with Gasteiger partial charge in [-0.2, -0.15) is 13.2 Å². The van der Waals surface area contributed by atoms with E-state index >= 15 is 0 Å². The fourth-order valence-corrected chi connectivity index (χ4v) is 3.85. The first-order chi connectivity index (χ1) is 11.0. The Hall–Kier alpha value is -1.96. The van der Waals surface area contributed by atoms with Gasteiger partial charge in [-0.1, -0.05) is 0 Å². The number of aromatic nitrogens is 1. The number of phenolic OH excluding ortho intramolecular Hbond substituents is 1. The van der Waals surface area contributed by atoms with Crippen LogP contribution in [0.2, 0.25) is 0 Å². The number of hydrogen-bond donors (Lipinski definition) is 1. The van der Waals surface area contributed by atoms with Crippen LogP contribution in [-0.4, -0.2) is 22.1 Å². The summed E-state index contributed by atoms with van der Waals surface area (Å²) in [6.45, 7) is 2.41. The number of hydrogen-bond acceptors (Lipinski definition) is 4. The Morgan fingerprint density at radius 3 is 2.58 bits per heavy atom. The molecule has 1 N–H and O–H groups in total. The molecule has 1 aliphatic carbocycles. The monoisotopic (exact) mass is 359 g/mol. The molecule has 0 fully saturated rings. The van der Waals surface area contributed by atoms with Crippen molar-refractivity contribution in [1.29, 1.82) is 0 Å². The first-order valence-corrected chi connectivity index (χ1v) is 7.97. The molecule has 3 nitrogen and oxygen atoms in total. The maximum Gasteiger partial charge on any atom is 0.401 e. The van der Waals surface area contributed by atoms with Gasteiger partial charge < -0.3 is 5.11 Å². The number of alkyl halides is 3. The van der Waals surface area contributed by atoms with Crippen molar-refractivity contribution in [1.82, 2.24) is 4.98 Å². The van der Waals surface area contributed by atoms with Gasteiger partial charge in [0.05, 0.1) is 10.6 Å². The molecule has 2 aromatic rings. The number of benzene rings is 1. The SMILES string of the molecule is Cc1cc(-c2nc3c(s2)C(=O)[C@](C)(C(F)(F)F)CC3)cc(F)c1O. The summed E-state index contributed by atoms with van der Waals surface area (Å²) >= 11 is 0.829. The van der Waals surface area contributed by atoms with E-state index < -0.39 is 28.9 Å². The Labute approximate surface area is 139 Å². The van der Waals surface area contributed by atoms with Crippen LogP contribution >= 0.6 is 11.3 Å². The van der Waals surface area contributed by atoms with Crippen molar-refractivity contribution in [2.24, 2.45) is 5.41 Å². The molecule has 0 amide bonds. The molecule has 0 radical (unpaired) electrons. The van der Waals surface area contributed by atoms with Crippen LogP contribution < -0.4 is 0 Å². The van der Waals surface area contributed by atoms with Crippen LogP contribution in [0.3, 0.4) is 0 Å². The Kier molecular flexibility index (Phi) is 3.71. The molecule has 0 bridgehead atoms. The second kappa shape index (κ2) is 5.27. The number of halogens is 4. The van der Waals surface area contributed by atoms with E-state index in [4.69, 9.17) is 0 Å². The average molecular weight is 359 g/mol. The van der Waals surface area contributed by atoms with E-state index in [1.807, 2.05) is 0 Å². The van der Waals surface area contributed by atoms with Gasteiger partial charge in [-0.05, 0) is 44.4 Å². The van der Waals surface area contributed by atoms with Gasteiger partial charge in [-0.3, -0.25) is 4.79 Å². The molecule has 24 heavy (non-hydrogen) atoms. The van der Waals surface area contributed by atoms with E-state index in [1.54, 1.807) is 0 Å². The largest absolute Gasteiger partial charge is 0.505 e. The van der Waals surface area contributed by atoms with Crippen LogP contribution in [0.15, 0.2) is 12.1 Å². The molecule has 128 valence electrons. The maximum atomic E-state index is 13.7. The molecule has 8 heteroatoms. The summed E-state index contributed by atoms with van der Waals surface area (Å²) in [6.07, 6.45) is -4.95. The second-order valence-corrected chi connectivity index (χ2v) is 7.08. The first kappa shape index (κ1) is 16.9. The van der Waals surface area contributed by atoms with Crippen LogP contribution in [0, 0.1) is 18.2 Å². The highest BCUT2D eigenvalue weighted by Gasteiger charge is 2.58. The van der Waals surface area contributed by atoms with Crippen molar-refractivity contribution in [2.45, 2.75) is 32.9 Å². The van der Waals surface area contributed by atoms with Gasteiger partial charge in [-0.15, -0.1) is 11.3 Å². The van der Waals surface area contributed by atoms with Gasteiger partial charge in [0.1, 0.15) is 10.4 Å². The number of carbonyl (C=O) groups is 1. The Morgan fingerprint density at radius 2 is 2.00 bits per heavy atom. The second-order valence-electron chi connectivity index (χ2n) is 6.08. The number of ketones is 1. The van der Waals surface area contributed by atoms with E-state index in [9.17, 15) is 27.5 Å². The number of aromatic hydroxyl groups is 1. The highest BCUT2D eigenvalue weighted by molar-refractivity contribution is 7.17. The summed E-state index contributed by atoms with van der Waals surface area (Å²) in [5.41, 5.74) is -1.50. The third kappa shape index (κ3) is 2.40. The fourth-order valence-electron chi connectivity index (χ4n) is 2.69. The lowest BCUT2D eigenvalue weighted by Gasteiger charge is -2.32. The third-order valence-electron chi connectivity index (χ3n) is 4.39. The molecule has 3 rings (SSSR count). The summed E-state index contributed by atoms with van der Waals surface area (Å²) in [5.74, 6) is -2.32. The van der Waals surface area contributed by atoms with Gasteiger partial charge in [0, 0.05) is 5.56 Å². The Balaban J connectivity index is 2.07. The first-order valence-electron chi connectivity index (χ1n) is 7.15. The number of aryl methyl sites for hydroxylation is 2. The fraction of sp³-hybridized carbons (Fsp3) is 0.375. The van der Waals surface area contributed by atoms with Crippen molar-refractivity contribution < 1.29 is 27.5 Å². The number of Topliss-reactive ketones (excluding diaryl/α,β-unsaturated/α-hetero) is 1. The molecular formula is C16H13F4NO2S. The summed E-state index contributed by atoms with van der Waals surface area (Å²) in [7, 11) is 0. The normalized spacial score (nSPS) is 21.0. The van der Waals surface area contributed by atoms with Crippen molar-refractivity contribution in [3.8, 4) is 16.3 Å². The van der Waals surface area contributed by atoms with E-state index in [-0.39, 0.29) is 28.3 Å². The summed E-state index contributed by atoms with van der Waals surface area (Å²) < 4.78 is 53.4. The van der Waals surface area contributed by atoms with Crippen LogP contribution in [0.1, 0.15) is 34.3 Å². The number of fused-ring (bicyclic) bond motifs is 1. The molecule has 1 atom stereocenters. The average Bonchev–Trinajstić information content (AvgIpc) is 2.92. The smallest absolute Gasteiger partial charge is 0.401 e. The number of rotatable bonds is 1. The van der Waals surface area contributed by atoms with Crippen molar-refractivity contribution in [3.05, 3.63) is 34.1 Å². The number of thiazole rings is 1. The summed E-state index contributed by atoms with van der Waals surface area (Å²) in [4.78, 5) is 16.5. The zero-order valence-corrected chi connectivity index (χ0v) is 13.6. The molecular weight excluding hydrogens is 346 g/mol. The molecule has 1 aromatic carbocycles. The molecule has 1 aliphatic rings. The number of phenols is 1. The predicted octanol–water partition coefficient (Wildman–Crippen LogP) is 4.66. The van der Waals surface area contributed by atoms with Crippen molar-refractivity contribution >= 4 is 17.1 Å². The highest BCUT2D eigenvalue weighted by Crippen LogP contribution is 2.49. The molecule has 0 spiro atoms. The number of nitrogens with zero attached hydrogens (tertiary/aromatic N) is 1. The minimum absolute atomic E-state index is 0.0257. The molecule has 1 heterocycles. The van der Waals surface area contributed by atoms with Gasteiger partial charge >= 0.3 is 6.18 Å². The van der Waals surface area contributed by atoms with Gasteiger partial charge in [-0.25, -0.2) is 9.37 Å². The lowest BCUT2D eigenvalue weighted by atomic mass is 9.75. The van der Waals surface area contributed by atoms with Crippen molar-refractivity contribution in [3.63, 3.8) is 0 Å². The number of carbonyl (C=O) groups excluding carboxylic acids is 1. The summed E-state index contributed by atoms with van der Waals surface area (Å²) in [5, 5.41) is 9.73. The third-order valence-corrected chi connectivity index (χ3v) is 5.54. The van der Waals surface area contributed by atoms with Crippen molar-refractivity contribution in [2.75, 3.05) is 0 Å². The van der Waals surface area contributed by atoms with Gasteiger partial charge in [0.15, 0.2) is 17.3 Å². The van der Waals surface area contributed by atoms with Gasteiger partial charge in [0.25, 0.3) is 0 Å². The van der Waals surface area contributed by atoms with Crippen LogP contribution in [-0.2, 0) is 6.42 Å². The molecule has 0 saturated heterocycles. The molecule has 0 aliphatic heterocycles. The predicted molar refractivity (Wildman–Crippen MR) is 80.7 cm³/mol. The minimum Gasteiger partial charge on any atom is -0.505 e. The zero-order chi connectivity index (χ0) is 17.9. The van der Waals surface area contributed by atoms with Gasteiger partial charge in [0.2, 0.25) is 0 Å². The topological polar surface area (TPSA) is 50.2 Å². The lowest BCUT2D eigenvalue weighted by Crippen LogP contribution is -2.45. The standard InChI is InChI=1S/C16H13F4NO2S/c1-7-5-8(6-9(17)11(7)22)14-21-10-3-4-15(2,16(18,19)20)13(23)12(10)24-14/h5-6,22H,3-4H2,1-2H3/t15-/m1/s1. The van der Waals surface area contributed by atoms with E-state index in [2.05, 4.69) is 4.98 Å². The van der Waals surface area contributed by atoms with Crippen LogP contribution in [0.25, 0.3) is 10.6 Å². The molecule has 1 aromatic heterocycles. The maximum absolute atomic E-state index is 13.7. The highest BCUT2D eigenvalue weighted by atomic mass is 32.1. The Morgan fingerprint density at radius 1 is 1.33 bits per heavy atom. The quantitative estimate of drug-likeness (QED) is 0.754. The molecule has 0 unspecified atom stereocenters. The zero-order valence-electron chi connectivity index (χ0n) is 12.8. The molecule has 0 saturated carbocycles. The lowest BCUT2D eigenvalue weighted by molar-refractivity contribution is -0.200. The van der Waals surface area contributed by atoms with E-state index in [0.29, 0.717) is 11.3 Å². The van der Waals surface area contributed by atoms with E-state index in [0.717, 1.165) is 24.3 Å². The Bertz CT molecular complexity index is 820. The van der Waals surface area contributed by atoms with Crippen LogP contribution in [0.4, 0.5) is 17.6 Å². The van der Waals surface area contributed by atoms with Crippen LogP contribution in [0.5, 0.6) is 5.75 Å². The van der Waals surface area contributed by atoms with E-state index in [1.165, 1.54) is 13.0 Å². The summed E-state index contributed by atoms with van der Waals surface area (Å²) in [6, 6.07) is 2.54.